The van der Waals surface area contributed by atoms with E-state index >= 15 is 0 Å². The molecule has 0 atom stereocenters. The molecule has 0 saturated carbocycles. The van der Waals surface area contributed by atoms with Gasteiger partial charge in [0.15, 0.2) is 0 Å². The quantitative estimate of drug-likeness (QED) is 0.714. The third kappa shape index (κ3) is 7.75. The molecule has 2 rings (SSSR count). The molecule has 0 unspecified atom stereocenters. The third-order valence-corrected chi connectivity index (χ3v) is 3.52. The number of anilines is 1. The Hall–Kier alpha value is -2.49. The fourth-order valence-corrected chi connectivity index (χ4v) is 2.45. The molecule has 4 nitrogen and oxygen atoms in total. The van der Waals surface area contributed by atoms with Gasteiger partial charge in [-0.05, 0) is 51.3 Å². The van der Waals surface area contributed by atoms with Gasteiger partial charge in [-0.1, -0.05) is 36.4 Å². The topological polar surface area (TPSA) is 50.4 Å². The Morgan fingerprint density at radius 2 is 1.80 bits per heavy atom. The van der Waals surface area contributed by atoms with Crippen molar-refractivity contribution in [1.29, 1.82) is 0 Å². The summed E-state index contributed by atoms with van der Waals surface area (Å²) in [6, 6.07) is 18.1. The van der Waals surface area contributed by atoms with Gasteiger partial charge in [0.2, 0.25) is 5.91 Å². The average Bonchev–Trinajstić information content (AvgIpc) is 2.57. The number of rotatable bonds is 8. The van der Waals surface area contributed by atoms with Crippen molar-refractivity contribution in [3.63, 3.8) is 0 Å². The second-order valence-electron chi connectivity index (χ2n) is 7.12. The molecule has 1 amide bonds. The molecule has 0 aliphatic carbocycles. The summed E-state index contributed by atoms with van der Waals surface area (Å²) in [6.45, 7) is 6.82. The Bertz CT molecular complexity index is 663. The number of ether oxygens (including phenoxy) is 1. The molecule has 0 bridgehead atoms. The summed E-state index contributed by atoms with van der Waals surface area (Å²) in [5.41, 5.74) is 1.98. The van der Waals surface area contributed by atoms with Gasteiger partial charge in [-0.25, -0.2) is 0 Å². The second kappa shape index (κ2) is 9.11. The van der Waals surface area contributed by atoms with Crippen molar-refractivity contribution in [2.75, 3.05) is 18.5 Å². The number of carbonyl (C=O) groups is 1. The summed E-state index contributed by atoms with van der Waals surface area (Å²) < 4.78 is 5.82. The standard InChI is InChI=1S/C21H28N2O2/c1-21(2,3)23-20(24)16-22-18-12-7-13-19(15-18)25-14-8-11-17-9-5-4-6-10-17/h4-7,9-10,12-13,15,22H,8,11,14,16H2,1-3H3,(H,23,24). The Labute approximate surface area is 150 Å². The molecule has 134 valence electrons. The van der Waals surface area contributed by atoms with Gasteiger partial charge in [0, 0.05) is 17.3 Å². The van der Waals surface area contributed by atoms with Crippen LogP contribution in [-0.4, -0.2) is 24.6 Å². The molecular weight excluding hydrogens is 312 g/mol. The van der Waals surface area contributed by atoms with Gasteiger partial charge in [0.05, 0.1) is 13.2 Å². The Kier molecular flexibility index (Phi) is 6.87. The lowest BCUT2D eigenvalue weighted by Crippen LogP contribution is -2.43. The number of hydrogen-bond acceptors (Lipinski definition) is 3. The van der Waals surface area contributed by atoms with E-state index in [0.717, 1.165) is 24.3 Å². The predicted octanol–water partition coefficient (Wildman–Crippen LogP) is 4.02. The number of benzene rings is 2. The summed E-state index contributed by atoms with van der Waals surface area (Å²) in [5.74, 6) is 0.788. The molecule has 4 heteroatoms. The van der Waals surface area contributed by atoms with E-state index in [9.17, 15) is 4.79 Å². The third-order valence-electron chi connectivity index (χ3n) is 3.52. The zero-order chi connectivity index (χ0) is 18.1. The molecule has 0 saturated heterocycles. The van der Waals surface area contributed by atoms with E-state index in [1.54, 1.807) is 0 Å². The van der Waals surface area contributed by atoms with Crippen molar-refractivity contribution in [3.05, 3.63) is 60.2 Å². The number of carbonyl (C=O) groups excluding carboxylic acids is 1. The van der Waals surface area contributed by atoms with Crippen LogP contribution in [0.3, 0.4) is 0 Å². The number of amides is 1. The molecule has 0 aliphatic heterocycles. The number of hydrogen-bond donors (Lipinski definition) is 2. The first-order valence-electron chi connectivity index (χ1n) is 8.74. The van der Waals surface area contributed by atoms with Crippen molar-refractivity contribution >= 4 is 11.6 Å². The summed E-state index contributed by atoms with van der Waals surface area (Å²) in [5, 5.41) is 6.06. The first-order chi connectivity index (χ1) is 11.9. The van der Waals surface area contributed by atoms with E-state index < -0.39 is 0 Å². The van der Waals surface area contributed by atoms with E-state index in [-0.39, 0.29) is 18.0 Å². The first-order valence-corrected chi connectivity index (χ1v) is 8.74. The smallest absolute Gasteiger partial charge is 0.239 e. The van der Waals surface area contributed by atoms with Gasteiger partial charge < -0.3 is 15.4 Å². The SMILES string of the molecule is CC(C)(C)NC(=O)CNc1cccc(OCCCc2ccccc2)c1. The van der Waals surface area contributed by atoms with Crippen molar-refractivity contribution in [2.24, 2.45) is 0 Å². The van der Waals surface area contributed by atoms with Crippen LogP contribution >= 0.6 is 0 Å². The van der Waals surface area contributed by atoms with Crippen LogP contribution in [0.5, 0.6) is 5.75 Å². The van der Waals surface area contributed by atoms with E-state index in [1.165, 1.54) is 5.56 Å². The minimum Gasteiger partial charge on any atom is -0.494 e. The number of aryl methyl sites for hydroxylation is 1. The minimum absolute atomic E-state index is 0.0262. The van der Waals surface area contributed by atoms with Crippen molar-refractivity contribution < 1.29 is 9.53 Å². The lowest BCUT2D eigenvalue weighted by Gasteiger charge is -2.20. The van der Waals surface area contributed by atoms with Gasteiger partial charge in [0.25, 0.3) is 0 Å². The van der Waals surface area contributed by atoms with Crippen molar-refractivity contribution in [1.82, 2.24) is 5.32 Å². The van der Waals surface area contributed by atoms with E-state index in [2.05, 4.69) is 34.9 Å². The molecule has 2 aromatic rings. The first kappa shape index (κ1) is 18.8. The fourth-order valence-electron chi connectivity index (χ4n) is 2.45. The van der Waals surface area contributed by atoms with Crippen LogP contribution in [-0.2, 0) is 11.2 Å². The second-order valence-corrected chi connectivity index (χ2v) is 7.12. The maximum atomic E-state index is 11.9. The lowest BCUT2D eigenvalue weighted by molar-refractivity contribution is -0.120. The van der Waals surface area contributed by atoms with Crippen molar-refractivity contribution in [3.8, 4) is 5.75 Å². The maximum absolute atomic E-state index is 11.9. The van der Waals surface area contributed by atoms with Crippen LogP contribution in [0.1, 0.15) is 32.8 Å². The van der Waals surface area contributed by atoms with Gasteiger partial charge >= 0.3 is 0 Å². The molecule has 0 spiro atoms. The molecule has 0 aliphatic rings. The molecule has 2 aromatic carbocycles. The van der Waals surface area contributed by atoms with E-state index in [0.29, 0.717) is 6.61 Å². The van der Waals surface area contributed by atoms with Gasteiger partial charge in [-0.3, -0.25) is 4.79 Å². The molecule has 25 heavy (non-hydrogen) atoms. The van der Waals surface area contributed by atoms with Crippen LogP contribution in [0.4, 0.5) is 5.69 Å². The predicted molar refractivity (Wildman–Crippen MR) is 103 cm³/mol. The van der Waals surface area contributed by atoms with Gasteiger partial charge in [-0.15, -0.1) is 0 Å². The van der Waals surface area contributed by atoms with Crippen LogP contribution in [0.25, 0.3) is 0 Å². The normalized spacial score (nSPS) is 11.0. The van der Waals surface area contributed by atoms with Crippen molar-refractivity contribution in [2.45, 2.75) is 39.2 Å². The van der Waals surface area contributed by atoms with Gasteiger partial charge in [0.1, 0.15) is 5.75 Å². The summed E-state index contributed by atoms with van der Waals surface area (Å²) >= 11 is 0. The molecule has 0 heterocycles. The lowest BCUT2D eigenvalue weighted by atomic mass is 10.1. The molecule has 0 aromatic heterocycles. The van der Waals surface area contributed by atoms with Crippen LogP contribution < -0.4 is 15.4 Å². The zero-order valence-electron chi connectivity index (χ0n) is 15.3. The highest BCUT2D eigenvalue weighted by Gasteiger charge is 2.13. The van der Waals surface area contributed by atoms with E-state index in [1.807, 2.05) is 51.1 Å². The highest BCUT2D eigenvalue weighted by atomic mass is 16.5. The number of nitrogens with one attached hydrogen (secondary N) is 2. The summed E-state index contributed by atoms with van der Waals surface area (Å²) in [6.07, 6.45) is 1.97. The average molecular weight is 340 g/mol. The largest absolute Gasteiger partial charge is 0.494 e. The molecule has 0 radical (unpaired) electrons. The fraction of sp³-hybridized carbons (Fsp3) is 0.381. The highest BCUT2D eigenvalue weighted by molar-refractivity contribution is 5.81. The van der Waals surface area contributed by atoms with Gasteiger partial charge in [-0.2, -0.15) is 0 Å². The maximum Gasteiger partial charge on any atom is 0.239 e. The molecular formula is C21H28N2O2. The molecule has 2 N–H and O–H groups in total. The zero-order valence-corrected chi connectivity index (χ0v) is 15.3. The minimum atomic E-state index is -0.220. The highest BCUT2D eigenvalue weighted by Crippen LogP contribution is 2.17. The van der Waals surface area contributed by atoms with Crippen LogP contribution in [0.2, 0.25) is 0 Å². The molecule has 0 fully saturated rings. The Morgan fingerprint density at radius 3 is 2.52 bits per heavy atom. The monoisotopic (exact) mass is 340 g/mol. The van der Waals surface area contributed by atoms with E-state index in [4.69, 9.17) is 4.74 Å². The summed E-state index contributed by atoms with van der Waals surface area (Å²) in [4.78, 5) is 11.9. The Balaban J connectivity index is 1.74. The Morgan fingerprint density at radius 1 is 1.04 bits per heavy atom. The summed E-state index contributed by atoms with van der Waals surface area (Å²) in [7, 11) is 0. The van der Waals surface area contributed by atoms with Crippen LogP contribution in [0.15, 0.2) is 54.6 Å². The van der Waals surface area contributed by atoms with Crippen LogP contribution in [0, 0.1) is 0 Å².